The molecule has 2 fully saturated rings. The molecule has 6 rings (SSSR count). The van der Waals surface area contributed by atoms with Gasteiger partial charge in [0, 0.05) is 35.2 Å². The van der Waals surface area contributed by atoms with E-state index >= 15 is 8.78 Å². The zero-order valence-corrected chi connectivity index (χ0v) is 23.9. The zero-order chi connectivity index (χ0) is 29.1. The van der Waals surface area contributed by atoms with Gasteiger partial charge in [-0.1, -0.05) is 17.7 Å². The minimum absolute atomic E-state index is 0.0312. The molecule has 1 saturated heterocycles. The summed E-state index contributed by atoms with van der Waals surface area (Å²) in [7, 11) is -2.55. The molecule has 0 bridgehead atoms. The Kier molecular flexibility index (Phi) is 7.02. The van der Waals surface area contributed by atoms with Crippen molar-refractivity contribution >= 4 is 27.0 Å². The van der Waals surface area contributed by atoms with Crippen LogP contribution in [0.15, 0.2) is 58.1 Å². The largest absolute Gasteiger partial charge is 0.277 e. The minimum atomic E-state index is -2.55. The van der Waals surface area contributed by atoms with E-state index in [1.807, 2.05) is 0 Å². The Morgan fingerprint density at radius 2 is 1.78 bits per heavy atom. The van der Waals surface area contributed by atoms with Crippen LogP contribution in [0.2, 0.25) is 5.02 Å². The van der Waals surface area contributed by atoms with Crippen LogP contribution in [0.1, 0.15) is 53.5 Å². The molecular weight excluding hydrogens is 573 g/mol. The highest BCUT2D eigenvalue weighted by Gasteiger charge is 2.42. The molecule has 0 N–H and O–H groups in total. The van der Waals surface area contributed by atoms with Gasteiger partial charge < -0.3 is 0 Å². The third kappa shape index (κ3) is 4.97. The first-order chi connectivity index (χ1) is 19.6. The molecular formula is C30H26ClF3N4O2S. The van der Waals surface area contributed by atoms with E-state index in [1.54, 1.807) is 26.1 Å². The van der Waals surface area contributed by atoms with Gasteiger partial charge in [0.25, 0.3) is 5.56 Å². The summed E-state index contributed by atoms with van der Waals surface area (Å²) in [6.45, 7) is 3.27. The van der Waals surface area contributed by atoms with Crippen molar-refractivity contribution in [2.75, 3.05) is 11.5 Å². The Bertz CT molecular complexity index is 1890. The Morgan fingerprint density at radius 1 is 1.02 bits per heavy atom. The van der Waals surface area contributed by atoms with Crippen LogP contribution < -0.4 is 5.56 Å². The van der Waals surface area contributed by atoms with Crippen LogP contribution in [0.5, 0.6) is 0 Å². The van der Waals surface area contributed by atoms with Gasteiger partial charge >= 0.3 is 0 Å². The van der Waals surface area contributed by atoms with Gasteiger partial charge in [0.15, 0.2) is 11.6 Å². The predicted molar refractivity (Wildman–Crippen MR) is 153 cm³/mol. The SMILES string of the molecule is Cc1cnc(-c2cccc(N=S3(=O)CCCC3)c2F)c(F)c1-n1c(C)cc([C@H]2C[C@@H]2c2cncc(F)c2)c(Cl)c1=O. The second kappa shape index (κ2) is 10.4. The number of aromatic nitrogens is 3. The monoisotopic (exact) mass is 598 g/mol. The van der Waals surface area contributed by atoms with Crippen LogP contribution in [0, 0.1) is 31.3 Å². The minimum Gasteiger partial charge on any atom is -0.277 e. The van der Waals surface area contributed by atoms with E-state index in [1.165, 1.54) is 35.0 Å². The smallest absolute Gasteiger partial charge is 0.274 e. The molecule has 2 aliphatic rings. The third-order valence-corrected chi connectivity index (χ3v) is 10.5. The Balaban J connectivity index is 1.42. The number of nitrogens with zero attached hydrogens (tertiary/aromatic N) is 4. The van der Waals surface area contributed by atoms with Crippen molar-refractivity contribution in [1.29, 1.82) is 0 Å². The summed E-state index contributed by atoms with van der Waals surface area (Å²) in [6.07, 6.45) is 6.30. The molecule has 0 spiro atoms. The molecule has 1 aliphatic carbocycles. The molecule has 1 aliphatic heterocycles. The molecule has 4 aromatic rings. The van der Waals surface area contributed by atoms with Gasteiger partial charge in [-0.2, -0.15) is 4.36 Å². The third-order valence-electron chi connectivity index (χ3n) is 7.78. The number of rotatable bonds is 5. The molecule has 212 valence electrons. The van der Waals surface area contributed by atoms with Crippen LogP contribution in [0.4, 0.5) is 18.9 Å². The maximum Gasteiger partial charge on any atom is 0.274 e. The maximum absolute atomic E-state index is 16.2. The number of hydrogen-bond donors (Lipinski definition) is 0. The highest BCUT2D eigenvalue weighted by atomic mass is 35.5. The number of halogens is 4. The van der Waals surface area contributed by atoms with E-state index < -0.39 is 32.7 Å². The van der Waals surface area contributed by atoms with Gasteiger partial charge in [-0.15, -0.1) is 0 Å². The molecule has 0 amide bonds. The molecule has 41 heavy (non-hydrogen) atoms. The predicted octanol–water partition coefficient (Wildman–Crippen LogP) is 7.15. The van der Waals surface area contributed by atoms with E-state index in [4.69, 9.17) is 11.6 Å². The van der Waals surface area contributed by atoms with E-state index in [2.05, 4.69) is 14.3 Å². The van der Waals surface area contributed by atoms with Crippen LogP contribution >= 0.6 is 11.6 Å². The molecule has 1 saturated carbocycles. The molecule has 0 radical (unpaired) electrons. The lowest BCUT2D eigenvalue weighted by Crippen LogP contribution is -2.24. The van der Waals surface area contributed by atoms with Crippen molar-refractivity contribution in [3.05, 3.63) is 104 Å². The van der Waals surface area contributed by atoms with Crippen molar-refractivity contribution in [3.63, 3.8) is 0 Å². The highest BCUT2D eigenvalue weighted by molar-refractivity contribution is 7.93. The molecule has 11 heteroatoms. The summed E-state index contributed by atoms with van der Waals surface area (Å²) >= 11 is 6.58. The van der Waals surface area contributed by atoms with Crippen molar-refractivity contribution < 1.29 is 17.4 Å². The molecule has 3 aromatic heterocycles. The van der Waals surface area contributed by atoms with Gasteiger partial charge in [-0.25, -0.2) is 17.4 Å². The van der Waals surface area contributed by atoms with E-state index in [9.17, 15) is 13.4 Å². The summed E-state index contributed by atoms with van der Waals surface area (Å²) in [5, 5.41) is -0.0584. The van der Waals surface area contributed by atoms with Crippen LogP contribution in [0.25, 0.3) is 16.9 Å². The topological polar surface area (TPSA) is 77.2 Å². The summed E-state index contributed by atoms with van der Waals surface area (Å²) in [6, 6.07) is 7.46. The fourth-order valence-electron chi connectivity index (χ4n) is 5.65. The van der Waals surface area contributed by atoms with Crippen molar-refractivity contribution in [2.45, 2.75) is 44.9 Å². The van der Waals surface area contributed by atoms with Crippen molar-refractivity contribution in [2.24, 2.45) is 4.36 Å². The van der Waals surface area contributed by atoms with Crippen LogP contribution in [-0.2, 0) is 9.73 Å². The van der Waals surface area contributed by atoms with Gasteiger partial charge in [-0.3, -0.25) is 19.3 Å². The van der Waals surface area contributed by atoms with Crippen molar-refractivity contribution in [3.8, 4) is 16.9 Å². The van der Waals surface area contributed by atoms with Crippen LogP contribution in [-0.4, -0.2) is 30.2 Å². The molecule has 1 aromatic carbocycles. The highest BCUT2D eigenvalue weighted by Crippen LogP contribution is 2.55. The number of aryl methyl sites for hydroxylation is 2. The lowest BCUT2D eigenvalue weighted by atomic mass is 10.0. The number of benzene rings is 1. The Hall–Kier alpha value is -3.50. The summed E-state index contributed by atoms with van der Waals surface area (Å²) < 4.78 is 63.8. The quantitative estimate of drug-likeness (QED) is 0.244. The summed E-state index contributed by atoms with van der Waals surface area (Å²) in [5.41, 5.74) is 0.853. The number of pyridine rings is 3. The normalized spacial score (nSPS) is 19.4. The van der Waals surface area contributed by atoms with Gasteiger partial charge in [0.2, 0.25) is 0 Å². The number of hydrogen-bond acceptors (Lipinski definition) is 5. The molecule has 4 heterocycles. The van der Waals surface area contributed by atoms with E-state index in [0.29, 0.717) is 34.7 Å². The van der Waals surface area contributed by atoms with Crippen molar-refractivity contribution in [1.82, 2.24) is 14.5 Å². The average molecular weight is 599 g/mol. The molecule has 0 unspecified atom stereocenters. The van der Waals surface area contributed by atoms with Gasteiger partial charge in [0.05, 0.1) is 21.6 Å². The molecule has 2 atom stereocenters. The summed E-state index contributed by atoms with van der Waals surface area (Å²) in [4.78, 5) is 21.7. The lowest BCUT2D eigenvalue weighted by Gasteiger charge is -2.18. The first-order valence-electron chi connectivity index (χ1n) is 13.3. The van der Waals surface area contributed by atoms with E-state index in [0.717, 1.165) is 24.6 Å². The Morgan fingerprint density at radius 3 is 2.51 bits per heavy atom. The average Bonchev–Trinajstić information content (AvgIpc) is 3.62. The second-order valence-corrected chi connectivity index (χ2v) is 13.6. The molecule has 6 nitrogen and oxygen atoms in total. The maximum atomic E-state index is 16.2. The standard InChI is InChI=1S/C30H26ClF3N4O2S/c1-16-13-36-28(20-6-5-7-24(26(20)33)37-41(40)8-3-4-9-41)27(34)29(16)38-17(2)10-23(25(31)30(38)39)22-12-21(22)18-11-19(32)15-35-14-18/h5-7,10-11,13-15,21-22H,3-4,8-9,12H2,1-2H3/t21-,22+/m1/s1. The van der Waals surface area contributed by atoms with E-state index in [-0.39, 0.29) is 39.5 Å². The fraction of sp³-hybridized carbons (Fsp3) is 0.300. The first kappa shape index (κ1) is 27.7. The Labute approximate surface area is 240 Å². The zero-order valence-electron chi connectivity index (χ0n) is 22.3. The fourth-order valence-corrected chi connectivity index (χ4v) is 8.12. The van der Waals surface area contributed by atoms with Gasteiger partial charge in [-0.05, 0) is 85.9 Å². The first-order valence-corrected chi connectivity index (χ1v) is 15.5. The van der Waals surface area contributed by atoms with Gasteiger partial charge in [0.1, 0.15) is 22.2 Å². The van der Waals surface area contributed by atoms with Crippen LogP contribution in [0.3, 0.4) is 0 Å². The second-order valence-electron chi connectivity index (χ2n) is 10.7. The summed E-state index contributed by atoms with van der Waals surface area (Å²) in [5.74, 6) is -1.49. The lowest BCUT2D eigenvalue weighted by molar-refractivity contribution is 0.602.